The summed E-state index contributed by atoms with van der Waals surface area (Å²) in [4.78, 5) is 0. The molecule has 0 spiro atoms. The van der Waals surface area contributed by atoms with Crippen LogP contribution in [-0.4, -0.2) is 5.11 Å². The van der Waals surface area contributed by atoms with E-state index in [0.29, 0.717) is 12.3 Å². The van der Waals surface area contributed by atoms with E-state index in [1.54, 1.807) is 0 Å². The van der Waals surface area contributed by atoms with E-state index in [9.17, 15) is 5.11 Å². The zero-order valence-electron chi connectivity index (χ0n) is 11.5. The fraction of sp³-hybridized carbons (Fsp3) is 0.600. The van der Waals surface area contributed by atoms with Crippen molar-refractivity contribution in [2.75, 3.05) is 0 Å². The maximum atomic E-state index is 9.92. The second-order valence-electron chi connectivity index (χ2n) is 5.70. The number of benzene rings is 1. The summed E-state index contributed by atoms with van der Waals surface area (Å²) in [6.07, 6.45) is 3.43. The molecule has 96 valence electrons. The zero-order valence-corrected chi connectivity index (χ0v) is 11.5. The van der Waals surface area contributed by atoms with Gasteiger partial charge in [-0.1, -0.05) is 40.2 Å². The number of aromatic hydroxyl groups is 1. The van der Waals surface area contributed by atoms with Gasteiger partial charge in [0, 0.05) is 12.1 Å². The summed E-state index contributed by atoms with van der Waals surface area (Å²) in [7, 11) is 0. The van der Waals surface area contributed by atoms with Crippen molar-refractivity contribution in [1.82, 2.24) is 0 Å². The van der Waals surface area contributed by atoms with Gasteiger partial charge >= 0.3 is 0 Å². The summed E-state index contributed by atoms with van der Waals surface area (Å²) in [6, 6.07) is 3.97. The molecule has 1 aromatic rings. The topological polar surface area (TPSA) is 46.2 Å². The normalized spacial score (nSPS) is 11.8. The summed E-state index contributed by atoms with van der Waals surface area (Å²) < 4.78 is 0. The van der Waals surface area contributed by atoms with Crippen molar-refractivity contribution < 1.29 is 5.11 Å². The zero-order chi connectivity index (χ0) is 13.1. The largest absolute Gasteiger partial charge is 0.508 e. The lowest BCUT2D eigenvalue weighted by molar-refractivity contribution is 0.463. The van der Waals surface area contributed by atoms with Crippen LogP contribution in [0.3, 0.4) is 0 Å². The van der Waals surface area contributed by atoms with Crippen LogP contribution in [0.5, 0.6) is 5.75 Å². The number of hydrogen-bond donors (Lipinski definition) is 2. The molecule has 1 aromatic carbocycles. The second kappa shape index (κ2) is 5.54. The minimum Gasteiger partial charge on any atom is -0.508 e. The third kappa shape index (κ3) is 3.47. The molecule has 0 unspecified atom stereocenters. The van der Waals surface area contributed by atoms with Gasteiger partial charge in [0.2, 0.25) is 0 Å². The van der Waals surface area contributed by atoms with Gasteiger partial charge in [-0.05, 0) is 35.4 Å². The van der Waals surface area contributed by atoms with E-state index in [1.165, 1.54) is 24.0 Å². The molecule has 0 aliphatic rings. The van der Waals surface area contributed by atoms with E-state index >= 15 is 0 Å². The lowest BCUT2D eigenvalue weighted by Gasteiger charge is -2.24. The van der Waals surface area contributed by atoms with Crippen molar-refractivity contribution in [3.8, 4) is 5.75 Å². The van der Waals surface area contributed by atoms with Crippen LogP contribution in [0.2, 0.25) is 0 Å². The van der Waals surface area contributed by atoms with Crippen LogP contribution in [0.15, 0.2) is 12.1 Å². The van der Waals surface area contributed by atoms with Crippen molar-refractivity contribution in [2.24, 2.45) is 5.73 Å². The van der Waals surface area contributed by atoms with E-state index in [1.807, 2.05) is 6.07 Å². The molecule has 0 amide bonds. The van der Waals surface area contributed by atoms with Gasteiger partial charge in [0.05, 0.1) is 0 Å². The van der Waals surface area contributed by atoms with Gasteiger partial charge in [0.15, 0.2) is 0 Å². The predicted octanol–water partition coefficient (Wildman–Crippen LogP) is 3.49. The fourth-order valence-electron chi connectivity index (χ4n) is 2.12. The summed E-state index contributed by atoms with van der Waals surface area (Å²) >= 11 is 0. The highest BCUT2D eigenvalue weighted by atomic mass is 16.3. The molecule has 0 heterocycles. The lowest BCUT2D eigenvalue weighted by Crippen LogP contribution is -2.15. The SMILES string of the molecule is CCCCc1cc(CN)c(O)cc1C(C)(C)C. The van der Waals surface area contributed by atoms with Crippen LogP contribution >= 0.6 is 0 Å². The number of phenolic OH excluding ortho intramolecular Hbond substituents is 1. The Morgan fingerprint density at radius 2 is 1.82 bits per heavy atom. The highest BCUT2D eigenvalue weighted by molar-refractivity contribution is 5.44. The number of aryl methyl sites for hydroxylation is 1. The highest BCUT2D eigenvalue weighted by Gasteiger charge is 2.19. The Morgan fingerprint density at radius 3 is 2.29 bits per heavy atom. The average molecular weight is 235 g/mol. The fourth-order valence-corrected chi connectivity index (χ4v) is 2.12. The van der Waals surface area contributed by atoms with Gasteiger partial charge < -0.3 is 10.8 Å². The number of hydrogen-bond acceptors (Lipinski definition) is 2. The predicted molar refractivity (Wildman–Crippen MR) is 73.3 cm³/mol. The van der Waals surface area contributed by atoms with E-state index in [4.69, 9.17) is 5.73 Å². The van der Waals surface area contributed by atoms with Crippen LogP contribution in [0.1, 0.15) is 57.2 Å². The van der Waals surface area contributed by atoms with Gasteiger partial charge in [0.1, 0.15) is 5.75 Å². The summed E-state index contributed by atoms with van der Waals surface area (Å²) in [5, 5.41) is 9.92. The molecule has 0 atom stereocenters. The van der Waals surface area contributed by atoms with Crippen molar-refractivity contribution in [3.05, 3.63) is 28.8 Å². The number of unbranched alkanes of at least 4 members (excludes halogenated alkanes) is 1. The molecule has 0 aliphatic heterocycles. The first-order chi connectivity index (χ1) is 7.90. The van der Waals surface area contributed by atoms with Crippen molar-refractivity contribution in [3.63, 3.8) is 0 Å². The van der Waals surface area contributed by atoms with Crippen LogP contribution < -0.4 is 5.73 Å². The molecule has 0 aromatic heterocycles. The molecule has 0 aliphatic carbocycles. The minimum absolute atomic E-state index is 0.0632. The third-order valence-corrected chi connectivity index (χ3v) is 3.13. The molecule has 17 heavy (non-hydrogen) atoms. The molecule has 0 fully saturated rings. The minimum atomic E-state index is 0.0632. The molecule has 0 radical (unpaired) electrons. The monoisotopic (exact) mass is 235 g/mol. The Balaban J connectivity index is 3.21. The summed E-state index contributed by atoms with van der Waals surface area (Å²) in [5.74, 6) is 0.331. The van der Waals surface area contributed by atoms with Crippen molar-refractivity contribution >= 4 is 0 Å². The van der Waals surface area contributed by atoms with E-state index < -0.39 is 0 Å². The van der Waals surface area contributed by atoms with Gasteiger partial charge in [-0.15, -0.1) is 0 Å². The Labute approximate surface area is 105 Å². The van der Waals surface area contributed by atoms with Gasteiger partial charge in [-0.25, -0.2) is 0 Å². The van der Waals surface area contributed by atoms with Crippen LogP contribution in [-0.2, 0) is 18.4 Å². The maximum Gasteiger partial charge on any atom is 0.120 e. The van der Waals surface area contributed by atoms with Crippen LogP contribution in [0.4, 0.5) is 0 Å². The molecule has 0 bridgehead atoms. The Bertz CT molecular complexity index is 377. The Hall–Kier alpha value is -1.02. The van der Waals surface area contributed by atoms with Crippen molar-refractivity contribution in [1.29, 1.82) is 0 Å². The summed E-state index contributed by atoms with van der Waals surface area (Å²) in [5.41, 5.74) is 9.13. The number of nitrogens with two attached hydrogens (primary N) is 1. The molecular formula is C15H25NO. The average Bonchev–Trinajstić information content (AvgIpc) is 2.25. The maximum absolute atomic E-state index is 9.92. The first-order valence-corrected chi connectivity index (χ1v) is 6.45. The van der Waals surface area contributed by atoms with E-state index in [2.05, 4.69) is 33.8 Å². The molecule has 1 rings (SSSR count). The number of rotatable bonds is 4. The van der Waals surface area contributed by atoms with E-state index in [0.717, 1.165) is 12.0 Å². The smallest absolute Gasteiger partial charge is 0.120 e. The van der Waals surface area contributed by atoms with E-state index in [-0.39, 0.29) is 5.41 Å². The second-order valence-corrected chi connectivity index (χ2v) is 5.70. The standard InChI is InChI=1S/C15H25NO/c1-5-6-7-11-8-12(10-16)14(17)9-13(11)15(2,3)4/h8-9,17H,5-7,10,16H2,1-4H3. The van der Waals surface area contributed by atoms with Crippen molar-refractivity contribution in [2.45, 2.75) is 58.9 Å². The highest BCUT2D eigenvalue weighted by Crippen LogP contribution is 2.32. The molecular weight excluding hydrogens is 210 g/mol. The first-order valence-electron chi connectivity index (χ1n) is 6.45. The molecule has 3 N–H and O–H groups in total. The summed E-state index contributed by atoms with van der Waals surface area (Å²) in [6.45, 7) is 9.13. The Kier molecular flexibility index (Phi) is 4.58. The van der Waals surface area contributed by atoms with Gasteiger partial charge in [-0.3, -0.25) is 0 Å². The molecule has 2 heteroatoms. The van der Waals surface area contributed by atoms with Crippen LogP contribution in [0.25, 0.3) is 0 Å². The third-order valence-electron chi connectivity index (χ3n) is 3.13. The molecule has 0 saturated carbocycles. The van der Waals surface area contributed by atoms with Gasteiger partial charge in [0.25, 0.3) is 0 Å². The molecule has 0 saturated heterocycles. The Morgan fingerprint density at radius 1 is 1.18 bits per heavy atom. The molecule has 2 nitrogen and oxygen atoms in total. The quantitative estimate of drug-likeness (QED) is 0.839. The lowest BCUT2D eigenvalue weighted by atomic mass is 9.81. The first kappa shape index (κ1) is 14.0. The van der Waals surface area contributed by atoms with Crippen LogP contribution in [0, 0.1) is 0 Å². The number of phenols is 1. The van der Waals surface area contributed by atoms with Gasteiger partial charge in [-0.2, -0.15) is 0 Å².